The number of methoxy groups -OCH3 is 1. The van der Waals surface area contributed by atoms with Crippen LogP contribution in [-0.4, -0.2) is 32.5 Å². The lowest BCUT2D eigenvalue weighted by Crippen LogP contribution is -2.29. The number of hydrogen-bond acceptors (Lipinski definition) is 3. The van der Waals surface area contributed by atoms with E-state index >= 15 is 0 Å². The molecule has 76 valence electrons. The van der Waals surface area contributed by atoms with Crippen molar-refractivity contribution in [1.82, 2.24) is 0 Å². The quantitative estimate of drug-likeness (QED) is 0.629. The van der Waals surface area contributed by atoms with Crippen molar-refractivity contribution < 1.29 is 18.7 Å². The maximum Gasteiger partial charge on any atom is 0.305 e. The second-order valence-corrected chi connectivity index (χ2v) is 3.25. The van der Waals surface area contributed by atoms with Crippen LogP contribution in [0.3, 0.4) is 0 Å². The Morgan fingerprint density at radius 1 is 1.69 bits per heavy atom. The molecular formula is C9H15FO3. The third-order valence-corrected chi connectivity index (χ3v) is 2.33. The lowest BCUT2D eigenvalue weighted by Gasteiger charge is -2.25. The van der Waals surface area contributed by atoms with Crippen LogP contribution in [0, 0.1) is 5.92 Å². The highest BCUT2D eigenvalue weighted by molar-refractivity contribution is 5.69. The first kappa shape index (κ1) is 10.4. The van der Waals surface area contributed by atoms with Crippen molar-refractivity contribution in [3.05, 3.63) is 0 Å². The standard InChI is InChI=1S/C9H15FO3/c1-12-9(11)3-2-7-6-13-5-4-8(7)10/h7-8H,2-6H2,1H3/t7-,8+/m0/s1. The first-order chi connectivity index (χ1) is 6.24. The Bertz CT molecular complexity index is 172. The van der Waals surface area contributed by atoms with Gasteiger partial charge in [-0.2, -0.15) is 0 Å². The maximum absolute atomic E-state index is 13.2. The van der Waals surface area contributed by atoms with Crippen molar-refractivity contribution in [3.8, 4) is 0 Å². The highest BCUT2D eigenvalue weighted by atomic mass is 19.1. The van der Waals surface area contributed by atoms with Crippen LogP contribution in [0.25, 0.3) is 0 Å². The van der Waals surface area contributed by atoms with E-state index in [9.17, 15) is 9.18 Å². The van der Waals surface area contributed by atoms with E-state index in [1.807, 2.05) is 0 Å². The molecule has 0 amide bonds. The Balaban J connectivity index is 2.22. The van der Waals surface area contributed by atoms with Crippen LogP contribution >= 0.6 is 0 Å². The number of alkyl halides is 1. The summed E-state index contributed by atoms with van der Waals surface area (Å²) in [6.45, 7) is 0.925. The SMILES string of the molecule is COC(=O)CC[C@H]1COCC[C@H]1F. The molecule has 0 aromatic heterocycles. The first-order valence-electron chi connectivity index (χ1n) is 4.52. The summed E-state index contributed by atoms with van der Waals surface area (Å²) in [5.41, 5.74) is 0. The number of rotatable bonds is 3. The first-order valence-corrected chi connectivity index (χ1v) is 4.52. The molecule has 2 atom stereocenters. The number of ether oxygens (including phenoxy) is 2. The number of halogens is 1. The molecule has 0 bridgehead atoms. The number of esters is 1. The molecule has 0 spiro atoms. The van der Waals surface area contributed by atoms with Gasteiger partial charge in [-0.3, -0.25) is 4.79 Å². The Kier molecular flexibility index (Phi) is 4.15. The van der Waals surface area contributed by atoms with E-state index in [1.54, 1.807) is 0 Å². The molecule has 1 aliphatic heterocycles. The Morgan fingerprint density at radius 2 is 2.46 bits per heavy atom. The van der Waals surface area contributed by atoms with E-state index in [0.717, 1.165) is 0 Å². The van der Waals surface area contributed by atoms with Crippen molar-refractivity contribution in [2.45, 2.75) is 25.4 Å². The van der Waals surface area contributed by atoms with Crippen LogP contribution in [0.1, 0.15) is 19.3 Å². The fourth-order valence-electron chi connectivity index (χ4n) is 1.44. The van der Waals surface area contributed by atoms with E-state index in [0.29, 0.717) is 26.1 Å². The molecule has 13 heavy (non-hydrogen) atoms. The number of carbonyl (C=O) groups is 1. The van der Waals surface area contributed by atoms with Gasteiger partial charge in [0.2, 0.25) is 0 Å². The Morgan fingerprint density at radius 3 is 3.08 bits per heavy atom. The number of hydrogen-bond donors (Lipinski definition) is 0. The summed E-state index contributed by atoms with van der Waals surface area (Å²) in [5, 5.41) is 0. The summed E-state index contributed by atoms with van der Waals surface area (Å²) in [6, 6.07) is 0. The summed E-state index contributed by atoms with van der Waals surface area (Å²) in [5.74, 6) is -0.411. The van der Waals surface area contributed by atoms with Gasteiger partial charge in [0.05, 0.1) is 13.7 Å². The van der Waals surface area contributed by atoms with Gasteiger partial charge in [0.15, 0.2) is 0 Å². The molecule has 0 N–H and O–H groups in total. The van der Waals surface area contributed by atoms with Gasteiger partial charge in [-0.05, 0) is 6.42 Å². The van der Waals surface area contributed by atoms with Crippen molar-refractivity contribution in [2.24, 2.45) is 5.92 Å². The Hall–Kier alpha value is -0.640. The summed E-state index contributed by atoms with van der Waals surface area (Å²) in [4.78, 5) is 10.8. The fraction of sp³-hybridized carbons (Fsp3) is 0.889. The van der Waals surface area contributed by atoms with Gasteiger partial charge in [0, 0.05) is 25.4 Å². The van der Waals surface area contributed by atoms with Crippen molar-refractivity contribution in [2.75, 3.05) is 20.3 Å². The molecule has 1 rings (SSSR count). The topological polar surface area (TPSA) is 35.5 Å². The number of carbonyl (C=O) groups excluding carboxylic acids is 1. The van der Waals surface area contributed by atoms with Gasteiger partial charge in [-0.15, -0.1) is 0 Å². The van der Waals surface area contributed by atoms with E-state index in [1.165, 1.54) is 7.11 Å². The zero-order valence-corrected chi connectivity index (χ0v) is 7.79. The molecule has 1 fully saturated rings. The third-order valence-electron chi connectivity index (χ3n) is 2.33. The van der Waals surface area contributed by atoms with Gasteiger partial charge < -0.3 is 9.47 Å². The lowest BCUT2D eigenvalue weighted by molar-refractivity contribution is -0.141. The van der Waals surface area contributed by atoms with Crippen LogP contribution in [0.5, 0.6) is 0 Å². The molecule has 0 aromatic rings. The maximum atomic E-state index is 13.2. The molecule has 0 aliphatic carbocycles. The second kappa shape index (κ2) is 5.17. The van der Waals surface area contributed by atoms with Crippen LogP contribution < -0.4 is 0 Å². The van der Waals surface area contributed by atoms with Gasteiger partial charge in [-0.1, -0.05) is 0 Å². The molecule has 3 nitrogen and oxygen atoms in total. The predicted octanol–water partition coefficient (Wildman–Crippen LogP) is 1.31. The molecular weight excluding hydrogens is 175 g/mol. The average Bonchev–Trinajstić information content (AvgIpc) is 2.16. The van der Waals surface area contributed by atoms with Gasteiger partial charge in [0.25, 0.3) is 0 Å². The minimum Gasteiger partial charge on any atom is -0.469 e. The smallest absolute Gasteiger partial charge is 0.305 e. The minimum atomic E-state index is -0.821. The average molecular weight is 190 g/mol. The molecule has 0 aromatic carbocycles. The second-order valence-electron chi connectivity index (χ2n) is 3.25. The largest absolute Gasteiger partial charge is 0.469 e. The summed E-state index contributed by atoms with van der Waals surface area (Å²) in [7, 11) is 1.34. The van der Waals surface area contributed by atoms with Gasteiger partial charge in [0.1, 0.15) is 6.17 Å². The Labute approximate surface area is 77.2 Å². The molecule has 1 heterocycles. The van der Waals surface area contributed by atoms with Crippen molar-refractivity contribution in [1.29, 1.82) is 0 Å². The zero-order valence-electron chi connectivity index (χ0n) is 7.79. The van der Waals surface area contributed by atoms with Crippen LogP contribution in [0.4, 0.5) is 4.39 Å². The van der Waals surface area contributed by atoms with Gasteiger partial charge >= 0.3 is 5.97 Å². The molecule has 1 saturated heterocycles. The van der Waals surface area contributed by atoms with Crippen molar-refractivity contribution in [3.63, 3.8) is 0 Å². The molecule has 0 unspecified atom stereocenters. The predicted molar refractivity (Wildman–Crippen MR) is 45.1 cm³/mol. The zero-order chi connectivity index (χ0) is 9.68. The molecule has 4 heteroatoms. The fourth-order valence-corrected chi connectivity index (χ4v) is 1.44. The van der Waals surface area contributed by atoms with Crippen LogP contribution in [0.2, 0.25) is 0 Å². The highest BCUT2D eigenvalue weighted by Crippen LogP contribution is 2.22. The molecule has 1 aliphatic rings. The van der Waals surface area contributed by atoms with Gasteiger partial charge in [-0.25, -0.2) is 4.39 Å². The molecule has 0 saturated carbocycles. The molecule has 0 radical (unpaired) electrons. The van der Waals surface area contributed by atoms with Crippen LogP contribution in [-0.2, 0) is 14.3 Å². The normalized spacial score (nSPS) is 28.5. The van der Waals surface area contributed by atoms with E-state index in [2.05, 4.69) is 4.74 Å². The van der Waals surface area contributed by atoms with Crippen LogP contribution in [0.15, 0.2) is 0 Å². The lowest BCUT2D eigenvalue weighted by atomic mass is 9.95. The van der Waals surface area contributed by atoms with E-state index in [4.69, 9.17) is 4.74 Å². The van der Waals surface area contributed by atoms with E-state index in [-0.39, 0.29) is 18.3 Å². The summed E-state index contributed by atoms with van der Waals surface area (Å²) >= 11 is 0. The monoisotopic (exact) mass is 190 g/mol. The highest BCUT2D eigenvalue weighted by Gasteiger charge is 2.25. The summed E-state index contributed by atoms with van der Waals surface area (Å²) < 4.78 is 22.8. The summed E-state index contributed by atoms with van der Waals surface area (Å²) in [6.07, 6.45) is 0.434. The van der Waals surface area contributed by atoms with Crippen molar-refractivity contribution >= 4 is 5.97 Å². The third kappa shape index (κ3) is 3.30. The van der Waals surface area contributed by atoms with E-state index < -0.39 is 6.17 Å². The minimum absolute atomic E-state index is 0.132.